The molecule has 1 aliphatic heterocycles. The number of nitrogens with one attached hydrogen (secondary N) is 1. The fraction of sp³-hybridized carbons (Fsp3) is 0.312. The molecule has 4 rings (SSSR count). The van der Waals surface area contributed by atoms with E-state index in [9.17, 15) is 4.79 Å². The Labute approximate surface area is 132 Å². The van der Waals surface area contributed by atoms with Crippen LogP contribution in [0.1, 0.15) is 25.0 Å². The third kappa shape index (κ3) is 2.02. The number of para-hydroxylation sites is 1. The van der Waals surface area contributed by atoms with Gasteiger partial charge in [0.1, 0.15) is 5.39 Å². The van der Waals surface area contributed by atoms with Crippen molar-refractivity contribution in [2.75, 3.05) is 0 Å². The van der Waals surface area contributed by atoms with Gasteiger partial charge in [0.25, 0.3) is 5.56 Å². The van der Waals surface area contributed by atoms with Gasteiger partial charge in [0.2, 0.25) is 4.77 Å². The zero-order chi connectivity index (χ0) is 15.1. The molecule has 2 aromatic heterocycles. The van der Waals surface area contributed by atoms with E-state index in [1.54, 1.807) is 4.68 Å². The lowest BCUT2D eigenvalue weighted by molar-refractivity contribution is 0.619. The monoisotopic (exact) mass is 312 g/mol. The molecule has 0 spiro atoms. The van der Waals surface area contributed by atoms with Crippen LogP contribution in [0.25, 0.3) is 16.7 Å². The van der Waals surface area contributed by atoms with E-state index in [1.165, 1.54) is 0 Å². The average molecular weight is 312 g/mol. The quantitative estimate of drug-likeness (QED) is 0.703. The largest absolute Gasteiger partial charge is 0.320 e. The predicted molar refractivity (Wildman–Crippen MR) is 88.1 cm³/mol. The van der Waals surface area contributed by atoms with Gasteiger partial charge >= 0.3 is 0 Å². The van der Waals surface area contributed by atoms with E-state index >= 15 is 0 Å². The number of aryl methyl sites for hydroxylation is 1. The summed E-state index contributed by atoms with van der Waals surface area (Å²) in [5, 5.41) is 3.78. The number of aromatic nitrogens is 4. The first-order valence-corrected chi connectivity index (χ1v) is 7.96. The first-order chi connectivity index (χ1) is 10.8. The third-order valence-electron chi connectivity index (χ3n) is 4.23. The number of hydrogen-bond acceptors (Lipinski definition) is 3. The topological polar surface area (TPSA) is 55.6 Å². The van der Waals surface area contributed by atoms with E-state index in [4.69, 9.17) is 12.2 Å². The van der Waals surface area contributed by atoms with Crippen molar-refractivity contribution in [3.63, 3.8) is 0 Å². The Balaban J connectivity index is 2.05. The molecule has 0 fully saturated rings. The number of aromatic amines is 1. The number of H-pyrrole nitrogens is 1. The van der Waals surface area contributed by atoms with Crippen molar-refractivity contribution in [2.45, 2.75) is 32.2 Å². The van der Waals surface area contributed by atoms with Crippen LogP contribution in [0.3, 0.4) is 0 Å². The van der Waals surface area contributed by atoms with Gasteiger partial charge in [0.15, 0.2) is 5.65 Å². The summed E-state index contributed by atoms with van der Waals surface area (Å²) in [6, 6.07) is 9.55. The van der Waals surface area contributed by atoms with Crippen LogP contribution in [0.4, 0.5) is 0 Å². The summed E-state index contributed by atoms with van der Waals surface area (Å²) in [5.74, 6) is 0. The molecule has 0 unspecified atom stereocenters. The van der Waals surface area contributed by atoms with Crippen LogP contribution in [-0.2, 0) is 13.0 Å². The fourth-order valence-corrected chi connectivity index (χ4v) is 3.45. The standard InChI is InChI=1S/C16H16N4OS/c21-15-13-12-9-5-2-6-10-19(12)16(22)17-14(13)18-20(15)11-7-3-1-4-8-11/h1,3-4,7-8H,2,5-6,9-10H2,(H,17,18,22). The SMILES string of the molecule is O=c1c2c3n(c(=S)nc2[nH]n1-c1ccccc1)CCCCC3. The summed E-state index contributed by atoms with van der Waals surface area (Å²) in [4.78, 5) is 17.3. The van der Waals surface area contributed by atoms with Crippen molar-refractivity contribution < 1.29 is 0 Å². The van der Waals surface area contributed by atoms with Crippen LogP contribution in [0, 0.1) is 4.77 Å². The summed E-state index contributed by atoms with van der Waals surface area (Å²) >= 11 is 5.42. The smallest absolute Gasteiger partial charge is 0.282 e. The number of nitrogens with zero attached hydrogens (tertiary/aromatic N) is 3. The minimum atomic E-state index is -0.0469. The highest BCUT2D eigenvalue weighted by Gasteiger charge is 2.18. The van der Waals surface area contributed by atoms with Crippen molar-refractivity contribution in [3.05, 3.63) is 51.2 Å². The molecule has 112 valence electrons. The first-order valence-electron chi connectivity index (χ1n) is 7.55. The normalized spacial score (nSPS) is 14.7. The lowest BCUT2D eigenvalue weighted by atomic mass is 10.1. The van der Waals surface area contributed by atoms with Crippen molar-refractivity contribution in [1.29, 1.82) is 0 Å². The van der Waals surface area contributed by atoms with Crippen LogP contribution in [0.15, 0.2) is 35.1 Å². The average Bonchev–Trinajstić information content (AvgIpc) is 2.73. The van der Waals surface area contributed by atoms with Crippen LogP contribution in [-0.4, -0.2) is 19.3 Å². The lowest BCUT2D eigenvalue weighted by Gasteiger charge is -2.09. The molecule has 1 aliphatic rings. The second-order valence-corrected chi connectivity index (χ2v) is 5.98. The predicted octanol–water partition coefficient (Wildman–Crippen LogP) is 2.97. The summed E-state index contributed by atoms with van der Waals surface area (Å²) < 4.78 is 4.15. The molecule has 5 nitrogen and oxygen atoms in total. The summed E-state index contributed by atoms with van der Waals surface area (Å²) in [5.41, 5.74) is 2.38. The van der Waals surface area contributed by atoms with Gasteiger partial charge in [0, 0.05) is 12.2 Å². The number of hydrogen-bond donors (Lipinski definition) is 1. The number of rotatable bonds is 1. The zero-order valence-electron chi connectivity index (χ0n) is 12.1. The lowest BCUT2D eigenvalue weighted by Crippen LogP contribution is -2.16. The molecule has 0 amide bonds. The first kappa shape index (κ1) is 13.5. The van der Waals surface area contributed by atoms with Crippen LogP contribution in [0.5, 0.6) is 0 Å². The summed E-state index contributed by atoms with van der Waals surface area (Å²) in [6.07, 6.45) is 4.22. The highest BCUT2D eigenvalue weighted by atomic mass is 32.1. The van der Waals surface area contributed by atoms with Crippen molar-refractivity contribution in [2.24, 2.45) is 0 Å². The highest BCUT2D eigenvalue weighted by Crippen LogP contribution is 2.21. The van der Waals surface area contributed by atoms with Gasteiger partial charge in [-0.25, -0.2) is 9.67 Å². The molecule has 0 aliphatic carbocycles. The highest BCUT2D eigenvalue weighted by molar-refractivity contribution is 7.71. The Hall–Kier alpha value is -2.21. The molecule has 0 bridgehead atoms. The maximum Gasteiger partial charge on any atom is 0.282 e. The van der Waals surface area contributed by atoms with Gasteiger partial charge < -0.3 is 4.57 Å². The van der Waals surface area contributed by atoms with Gasteiger partial charge in [-0.15, -0.1) is 0 Å². The molecule has 22 heavy (non-hydrogen) atoms. The number of benzene rings is 1. The molecule has 3 aromatic rings. The third-order valence-corrected chi connectivity index (χ3v) is 4.55. The molecule has 0 radical (unpaired) electrons. The minimum absolute atomic E-state index is 0.0469. The molecule has 1 aromatic carbocycles. The maximum atomic E-state index is 12.9. The van der Waals surface area contributed by atoms with Crippen molar-refractivity contribution in [3.8, 4) is 5.69 Å². The van der Waals surface area contributed by atoms with E-state index in [1.807, 2.05) is 34.9 Å². The Morgan fingerprint density at radius 2 is 1.95 bits per heavy atom. The van der Waals surface area contributed by atoms with Crippen LogP contribution in [0.2, 0.25) is 0 Å². The second-order valence-electron chi connectivity index (χ2n) is 5.61. The summed E-state index contributed by atoms with van der Waals surface area (Å²) in [7, 11) is 0. The Bertz CT molecular complexity index is 952. The van der Waals surface area contributed by atoms with Gasteiger partial charge in [-0.2, -0.15) is 0 Å². The molecular formula is C16H16N4OS. The summed E-state index contributed by atoms with van der Waals surface area (Å²) in [6.45, 7) is 0.854. The van der Waals surface area contributed by atoms with Crippen LogP contribution < -0.4 is 5.56 Å². The fourth-order valence-electron chi connectivity index (χ4n) is 3.16. The minimum Gasteiger partial charge on any atom is -0.320 e. The molecule has 6 heteroatoms. The Morgan fingerprint density at radius 3 is 2.77 bits per heavy atom. The van der Waals surface area contributed by atoms with Crippen molar-refractivity contribution in [1.82, 2.24) is 19.3 Å². The maximum absolute atomic E-state index is 12.9. The second kappa shape index (κ2) is 5.21. The van der Waals surface area contributed by atoms with E-state index < -0.39 is 0 Å². The van der Waals surface area contributed by atoms with Gasteiger partial charge in [-0.05, 0) is 43.6 Å². The molecular weight excluding hydrogens is 296 g/mol. The molecule has 0 saturated heterocycles. The van der Waals surface area contributed by atoms with E-state index in [-0.39, 0.29) is 5.56 Å². The zero-order valence-corrected chi connectivity index (χ0v) is 12.9. The van der Waals surface area contributed by atoms with Gasteiger partial charge in [-0.3, -0.25) is 9.89 Å². The van der Waals surface area contributed by atoms with E-state index in [0.29, 0.717) is 15.8 Å². The van der Waals surface area contributed by atoms with E-state index in [0.717, 1.165) is 43.6 Å². The molecule has 3 heterocycles. The molecule has 0 atom stereocenters. The Morgan fingerprint density at radius 1 is 1.14 bits per heavy atom. The van der Waals surface area contributed by atoms with Crippen molar-refractivity contribution >= 4 is 23.3 Å². The van der Waals surface area contributed by atoms with Gasteiger partial charge in [-0.1, -0.05) is 24.6 Å². The van der Waals surface area contributed by atoms with Gasteiger partial charge in [0.05, 0.1) is 5.69 Å². The van der Waals surface area contributed by atoms with Crippen LogP contribution >= 0.6 is 12.2 Å². The van der Waals surface area contributed by atoms with E-state index in [2.05, 4.69) is 10.1 Å². The number of fused-ring (bicyclic) bond motifs is 3. The Kier molecular flexibility index (Phi) is 3.18. The molecule has 0 saturated carbocycles. The molecule has 1 N–H and O–H groups in total.